The molecule has 61 heavy (non-hydrogen) atoms. The lowest BCUT2D eigenvalue weighted by atomic mass is 9.70. The number of anilines is 6. The molecule has 9 aromatic rings. The quantitative estimate of drug-likeness (QED) is 0.153. The van der Waals surface area contributed by atoms with Gasteiger partial charge in [-0.05, 0) is 165 Å². The highest BCUT2D eigenvalue weighted by Gasteiger charge is 2.52. The van der Waals surface area contributed by atoms with E-state index in [1.807, 2.05) is 12.1 Å². The Balaban J connectivity index is 1.17. The third kappa shape index (κ3) is 5.74. The highest BCUT2D eigenvalue weighted by atomic mass is 16.5. The minimum atomic E-state index is -0.548. The van der Waals surface area contributed by atoms with Gasteiger partial charge in [0, 0.05) is 46.3 Å². The second-order valence-corrected chi connectivity index (χ2v) is 16.3. The van der Waals surface area contributed by atoms with E-state index in [-0.39, 0.29) is 0 Å². The molecule has 2 aliphatic rings. The summed E-state index contributed by atoms with van der Waals surface area (Å²) in [5, 5.41) is 2.38. The number of fused-ring (bicyclic) bond motifs is 11. The van der Waals surface area contributed by atoms with Crippen molar-refractivity contribution >= 4 is 44.9 Å². The Morgan fingerprint density at radius 2 is 0.787 bits per heavy atom. The normalized spacial score (nSPS) is 12.7. The van der Waals surface area contributed by atoms with Gasteiger partial charge in [-0.2, -0.15) is 0 Å². The van der Waals surface area contributed by atoms with Crippen molar-refractivity contribution in [3.05, 3.63) is 228 Å². The van der Waals surface area contributed by atoms with Gasteiger partial charge in [-0.1, -0.05) is 97.1 Å². The van der Waals surface area contributed by atoms with Gasteiger partial charge in [0.25, 0.3) is 0 Å². The summed E-state index contributed by atoms with van der Waals surface area (Å²) in [6.45, 7) is 4.30. The van der Waals surface area contributed by atoms with Crippen LogP contribution in [-0.4, -0.2) is 14.2 Å². The first-order valence-corrected chi connectivity index (χ1v) is 20.9. The van der Waals surface area contributed by atoms with Crippen LogP contribution in [0.5, 0.6) is 11.5 Å². The van der Waals surface area contributed by atoms with E-state index in [9.17, 15) is 0 Å². The van der Waals surface area contributed by atoms with Crippen LogP contribution in [0.25, 0.3) is 33.0 Å². The summed E-state index contributed by atoms with van der Waals surface area (Å²) in [5.41, 5.74) is 18.6. The third-order valence-electron chi connectivity index (χ3n) is 12.7. The van der Waals surface area contributed by atoms with Crippen LogP contribution in [0.1, 0.15) is 33.4 Å². The molecule has 0 aliphatic heterocycles. The van der Waals surface area contributed by atoms with Crippen molar-refractivity contribution in [2.75, 3.05) is 24.0 Å². The van der Waals surface area contributed by atoms with Crippen LogP contribution in [-0.2, 0) is 5.41 Å². The maximum Gasteiger partial charge on any atom is 0.120 e. The Bertz CT molecular complexity index is 3140. The minimum absolute atomic E-state index is 0.548. The lowest BCUT2D eigenvalue weighted by Crippen LogP contribution is -2.26. The van der Waals surface area contributed by atoms with E-state index < -0.39 is 5.41 Å². The molecular formula is C57H44N2O2. The molecule has 11 rings (SSSR count). The molecule has 0 atom stereocenters. The number of methoxy groups -OCH3 is 2. The number of benzene rings is 9. The summed E-state index contributed by atoms with van der Waals surface area (Å²) in [4.78, 5) is 4.69. The first-order chi connectivity index (χ1) is 29.9. The van der Waals surface area contributed by atoms with Crippen molar-refractivity contribution in [1.29, 1.82) is 0 Å². The zero-order chi connectivity index (χ0) is 41.2. The van der Waals surface area contributed by atoms with Gasteiger partial charge in [-0.25, -0.2) is 0 Å². The Morgan fingerprint density at radius 3 is 1.34 bits per heavy atom. The number of rotatable bonds is 8. The molecule has 0 radical (unpaired) electrons. The SMILES string of the molecule is COc1cccc(N(c2cccc(C)c2)c2ccc3c(c2)C2(c4ccccc4-c4ccccc42)c2cc4cc(N(c5cccc(C)c5)c5cccc(OC)c5)ccc4cc2-3)c1. The van der Waals surface area contributed by atoms with E-state index >= 15 is 0 Å². The lowest BCUT2D eigenvalue weighted by molar-refractivity contribution is 0.415. The average molecular weight is 789 g/mol. The summed E-state index contributed by atoms with van der Waals surface area (Å²) >= 11 is 0. The summed E-state index contributed by atoms with van der Waals surface area (Å²) in [6, 6.07) is 71.1. The average Bonchev–Trinajstić information content (AvgIpc) is 3.75. The van der Waals surface area contributed by atoms with E-state index in [2.05, 4.69) is 206 Å². The standard InChI is InChI=1S/C57H44N2O2/c1-37-13-9-15-41(29-37)58(43-17-11-19-47(34-43)60-3)45-26-25-39-32-52-51-28-27-46(59(42-16-10-14-38(2)30-42)44-18-12-20-48(35-44)61-4)36-56(51)57(55(52)33-40(39)31-45)53-23-7-5-21-49(53)50-22-6-8-24-54(50)57/h5-36H,1-4H3. The van der Waals surface area contributed by atoms with Crippen LogP contribution in [0.2, 0.25) is 0 Å². The number of nitrogens with zero attached hydrogens (tertiary/aromatic N) is 2. The predicted octanol–water partition coefficient (Wildman–Crippen LogP) is 14.8. The first-order valence-electron chi connectivity index (χ1n) is 20.9. The smallest absolute Gasteiger partial charge is 0.120 e. The maximum absolute atomic E-state index is 5.76. The van der Waals surface area contributed by atoms with Crippen molar-refractivity contribution in [2.45, 2.75) is 19.3 Å². The number of aryl methyl sites for hydroxylation is 2. The van der Waals surface area contributed by atoms with E-state index in [0.717, 1.165) is 45.6 Å². The molecule has 0 N–H and O–H groups in total. The van der Waals surface area contributed by atoms with Gasteiger partial charge in [0.1, 0.15) is 11.5 Å². The monoisotopic (exact) mass is 788 g/mol. The maximum atomic E-state index is 5.76. The fourth-order valence-corrected chi connectivity index (χ4v) is 10.1. The molecule has 0 amide bonds. The van der Waals surface area contributed by atoms with Crippen LogP contribution in [0.4, 0.5) is 34.1 Å². The molecular weight excluding hydrogens is 745 g/mol. The second-order valence-electron chi connectivity index (χ2n) is 16.3. The zero-order valence-electron chi connectivity index (χ0n) is 34.7. The summed E-state index contributed by atoms with van der Waals surface area (Å²) in [7, 11) is 3.45. The van der Waals surface area contributed by atoms with Crippen LogP contribution < -0.4 is 19.3 Å². The number of ether oxygens (including phenoxy) is 2. The third-order valence-corrected chi connectivity index (χ3v) is 12.7. The summed E-state index contributed by atoms with van der Waals surface area (Å²) in [6.07, 6.45) is 0. The fourth-order valence-electron chi connectivity index (χ4n) is 10.1. The van der Waals surface area contributed by atoms with Gasteiger partial charge in [-0.3, -0.25) is 0 Å². The van der Waals surface area contributed by atoms with Crippen LogP contribution in [0.3, 0.4) is 0 Å². The van der Waals surface area contributed by atoms with Crippen molar-refractivity contribution in [1.82, 2.24) is 0 Å². The van der Waals surface area contributed by atoms with Gasteiger partial charge in [0.2, 0.25) is 0 Å². The Kier molecular flexibility index (Phi) is 8.57. The lowest BCUT2D eigenvalue weighted by Gasteiger charge is -2.32. The summed E-state index contributed by atoms with van der Waals surface area (Å²) in [5.74, 6) is 1.64. The largest absolute Gasteiger partial charge is 0.497 e. The molecule has 0 saturated heterocycles. The van der Waals surface area contributed by atoms with E-state index in [1.165, 1.54) is 66.4 Å². The molecule has 0 fully saturated rings. The topological polar surface area (TPSA) is 24.9 Å². The molecule has 4 heteroatoms. The van der Waals surface area contributed by atoms with Crippen LogP contribution in [0.15, 0.2) is 194 Å². The van der Waals surface area contributed by atoms with E-state index in [0.29, 0.717) is 0 Å². The second kappa shape index (κ2) is 14.3. The molecule has 0 bridgehead atoms. The molecule has 9 aromatic carbocycles. The van der Waals surface area contributed by atoms with Crippen molar-refractivity contribution in [2.24, 2.45) is 0 Å². The number of hydrogen-bond acceptors (Lipinski definition) is 4. The van der Waals surface area contributed by atoms with Gasteiger partial charge >= 0.3 is 0 Å². The van der Waals surface area contributed by atoms with Crippen LogP contribution in [0, 0.1) is 13.8 Å². The molecule has 0 unspecified atom stereocenters. The fraction of sp³-hybridized carbons (Fsp3) is 0.0877. The molecule has 294 valence electrons. The minimum Gasteiger partial charge on any atom is -0.497 e. The highest BCUT2D eigenvalue weighted by Crippen LogP contribution is 2.64. The predicted molar refractivity (Wildman–Crippen MR) is 252 cm³/mol. The molecule has 4 nitrogen and oxygen atoms in total. The Morgan fingerprint density at radius 1 is 0.328 bits per heavy atom. The van der Waals surface area contributed by atoms with Gasteiger partial charge in [0.05, 0.1) is 19.6 Å². The van der Waals surface area contributed by atoms with Gasteiger partial charge in [0.15, 0.2) is 0 Å². The van der Waals surface area contributed by atoms with Crippen molar-refractivity contribution < 1.29 is 9.47 Å². The molecule has 0 saturated carbocycles. The van der Waals surface area contributed by atoms with Crippen molar-refractivity contribution in [3.63, 3.8) is 0 Å². The molecule has 0 heterocycles. The van der Waals surface area contributed by atoms with Gasteiger partial charge in [-0.15, -0.1) is 0 Å². The Hall–Kier alpha value is -7.56. The van der Waals surface area contributed by atoms with Crippen LogP contribution >= 0.6 is 0 Å². The number of hydrogen-bond donors (Lipinski definition) is 0. The van der Waals surface area contributed by atoms with Gasteiger partial charge < -0.3 is 19.3 Å². The Labute approximate surface area is 357 Å². The molecule has 2 aliphatic carbocycles. The summed E-state index contributed by atoms with van der Waals surface area (Å²) < 4.78 is 11.5. The zero-order valence-corrected chi connectivity index (χ0v) is 34.7. The first kappa shape index (κ1) is 36.5. The van der Waals surface area contributed by atoms with E-state index in [4.69, 9.17) is 9.47 Å². The molecule has 0 aromatic heterocycles. The molecule has 1 spiro atoms. The van der Waals surface area contributed by atoms with E-state index in [1.54, 1.807) is 14.2 Å². The van der Waals surface area contributed by atoms with Crippen molar-refractivity contribution in [3.8, 4) is 33.8 Å². The highest BCUT2D eigenvalue weighted by molar-refractivity contribution is 6.02.